The normalized spacial score (nSPS) is 16.3. The molecule has 4 aromatic rings. The van der Waals surface area contributed by atoms with Crippen LogP contribution in [0.2, 0.25) is 0 Å². The van der Waals surface area contributed by atoms with E-state index in [0.29, 0.717) is 27.0 Å². The Morgan fingerprint density at radius 2 is 1.24 bits per heavy atom. The molecule has 12 heteroatoms. The third kappa shape index (κ3) is 5.24. The highest BCUT2D eigenvalue weighted by molar-refractivity contribution is 9.10. The van der Waals surface area contributed by atoms with Crippen molar-refractivity contribution < 1.29 is 26.9 Å². The standard InChI is InChI=1S/C14H16BFN2O3.C8H4BrFN2O/c1-13(2)14(3,4)21-15(20-13)10-5-9(6-11(16)7-10)12-18-17-8-19-12;9-6-1-5(2-7(10)3-6)8-12-11-4-13-8/h5-8H,1-4H3;1-4H. The lowest BCUT2D eigenvalue weighted by Gasteiger charge is -2.32. The van der Waals surface area contributed by atoms with E-state index in [-0.39, 0.29) is 11.7 Å². The molecule has 0 spiro atoms. The van der Waals surface area contributed by atoms with Crippen molar-refractivity contribution in [3.8, 4) is 22.9 Å². The van der Waals surface area contributed by atoms with Crippen LogP contribution in [0.1, 0.15) is 27.7 Å². The van der Waals surface area contributed by atoms with E-state index in [1.807, 2.05) is 27.7 Å². The smallest absolute Gasteiger partial charge is 0.423 e. The zero-order valence-electron chi connectivity index (χ0n) is 18.8. The summed E-state index contributed by atoms with van der Waals surface area (Å²) in [5.41, 5.74) is 0.687. The molecule has 5 rings (SSSR count). The zero-order valence-corrected chi connectivity index (χ0v) is 20.3. The van der Waals surface area contributed by atoms with Crippen LogP contribution in [0.4, 0.5) is 8.78 Å². The lowest BCUT2D eigenvalue weighted by atomic mass is 9.78. The van der Waals surface area contributed by atoms with Gasteiger partial charge in [-0.15, -0.1) is 20.4 Å². The van der Waals surface area contributed by atoms with Crippen LogP contribution in [0.5, 0.6) is 0 Å². The molecule has 176 valence electrons. The predicted molar refractivity (Wildman–Crippen MR) is 123 cm³/mol. The largest absolute Gasteiger partial charge is 0.494 e. The molecular weight excluding hydrogens is 513 g/mol. The van der Waals surface area contributed by atoms with E-state index < -0.39 is 24.1 Å². The quantitative estimate of drug-likeness (QED) is 0.347. The van der Waals surface area contributed by atoms with Gasteiger partial charge in [0.2, 0.25) is 24.6 Å². The van der Waals surface area contributed by atoms with Crippen LogP contribution in [0.25, 0.3) is 22.9 Å². The molecule has 0 aliphatic carbocycles. The van der Waals surface area contributed by atoms with Gasteiger partial charge in [-0.3, -0.25) is 0 Å². The van der Waals surface area contributed by atoms with E-state index in [9.17, 15) is 8.78 Å². The van der Waals surface area contributed by atoms with E-state index in [2.05, 4.69) is 36.3 Å². The first kappa shape index (κ1) is 24.2. The van der Waals surface area contributed by atoms with Crippen LogP contribution in [0.3, 0.4) is 0 Å². The third-order valence-corrected chi connectivity index (χ3v) is 5.98. The topological polar surface area (TPSA) is 96.3 Å². The Morgan fingerprint density at radius 1 is 0.735 bits per heavy atom. The van der Waals surface area contributed by atoms with Crippen molar-refractivity contribution >= 4 is 28.5 Å². The van der Waals surface area contributed by atoms with Gasteiger partial charge < -0.3 is 18.1 Å². The van der Waals surface area contributed by atoms with Crippen LogP contribution in [0.15, 0.2) is 62.5 Å². The number of benzene rings is 2. The van der Waals surface area contributed by atoms with Crippen molar-refractivity contribution in [2.24, 2.45) is 0 Å². The number of halogens is 3. The molecule has 1 saturated heterocycles. The summed E-state index contributed by atoms with van der Waals surface area (Å²) in [5.74, 6) is -0.189. The van der Waals surface area contributed by atoms with Gasteiger partial charge in [-0.05, 0) is 69.6 Å². The first-order valence-electron chi connectivity index (χ1n) is 10.2. The van der Waals surface area contributed by atoms with Crippen molar-refractivity contribution in [3.05, 3.63) is 65.3 Å². The molecule has 3 heterocycles. The summed E-state index contributed by atoms with van der Waals surface area (Å²) < 4.78 is 49.3. The van der Waals surface area contributed by atoms with Gasteiger partial charge in [-0.25, -0.2) is 8.78 Å². The summed E-state index contributed by atoms with van der Waals surface area (Å²) >= 11 is 3.17. The Balaban J connectivity index is 0.000000180. The Bertz CT molecular complexity index is 1230. The fourth-order valence-corrected chi connectivity index (χ4v) is 3.59. The summed E-state index contributed by atoms with van der Waals surface area (Å²) in [6.07, 6.45) is 2.41. The summed E-state index contributed by atoms with van der Waals surface area (Å²) in [7, 11) is -0.632. The molecule has 0 saturated carbocycles. The fraction of sp³-hybridized carbons (Fsp3) is 0.273. The molecule has 0 atom stereocenters. The molecule has 0 unspecified atom stereocenters. The molecule has 8 nitrogen and oxygen atoms in total. The van der Waals surface area contributed by atoms with Crippen molar-refractivity contribution in [1.82, 2.24) is 20.4 Å². The van der Waals surface area contributed by atoms with Gasteiger partial charge in [0.15, 0.2) is 0 Å². The second-order valence-corrected chi connectivity index (χ2v) is 9.42. The van der Waals surface area contributed by atoms with Crippen LogP contribution in [-0.2, 0) is 9.31 Å². The van der Waals surface area contributed by atoms with Crippen LogP contribution < -0.4 is 5.46 Å². The minimum atomic E-state index is -0.632. The van der Waals surface area contributed by atoms with Crippen LogP contribution in [-0.4, -0.2) is 38.7 Å². The Morgan fingerprint density at radius 3 is 1.71 bits per heavy atom. The first-order chi connectivity index (χ1) is 16.0. The molecule has 0 N–H and O–H groups in total. The van der Waals surface area contributed by atoms with E-state index in [1.54, 1.807) is 12.1 Å². The molecule has 0 amide bonds. The number of hydrogen-bond acceptors (Lipinski definition) is 8. The SMILES string of the molecule is CC1(C)OB(c2cc(F)cc(-c3nnco3)c2)OC1(C)C.Fc1cc(Br)cc(-c2nnco2)c1. The highest BCUT2D eigenvalue weighted by atomic mass is 79.9. The second kappa shape index (κ2) is 9.36. The summed E-state index contributed by atoms with van der Waals surface area (Å²) in [4.78, 5) is 0. The lowest BCUT2D eigenvalue weighted by molar-refractivity contribution is 0.00578. The van der Waals surface area contributed by atoms with E-state index >= 15 is 0 Å². The van der Waals surface area contributed by atoms with E-state index in [1.165, 1.54) is 37.1 Å². The third-order valence-electron chi connectivity index (χ3n) is 5.52. The molecule has 34 heavy (non-hydrogen) atoms. The van der Waals surface area contributed by atoms with Gasteiger partial charge >= 0.3 is 7.12 Å². The monoisotopic (exact) mass is 532 g/mol. The zero-order chi connectivity index (χ0) is 24.5. The first-order valence-corrected chi connectivity index (χ1v) is 11.0. The Kier molecular flexibility index (Phi) is 6.65. The average molecular weight is 533 g/mol. The van der Waals surface area contributed by atoms with Crippen molar-refractivity contribution in [2.45, 2.75) is 38.9 Å². The molecule has 0 radical (unpaired) electrons. The van der Waals surface area contributed by atoms with Gasteiger partial charge in [0.1, 0.15) is 11.6 Å². The lowest BCUT2D eigenvalue weighted by Crippen LogP contribution is -2.41. The molecule has 1 aliphatic rings. The van der Waals surface area contributed by atoms with Gasteiger partial charge in [-0.1, -0.05) is 15.9 Å². The second-order valence-electron chi connectivity index (χ2n) is 8.51. The Hall–Kier alpha value is -2.96. The number of hydrogen-bond donors (Lipinski definition) is 0. The molecule has 0 bridgehead atoms. The van der Waals surface area contributed by atoms with Crippen molar-refractivity contribution in [1.29, 1.82) is 0 Å². The average Bonchev–Trinajstić information content (AvgIpc) is 3.49. The summed E-state index contributed by atoms with van der Waals surface area (Å²) in [6.45, 7) is 7.80. The minimum Gasteiger partial charge on any atom is -0.423 e. The predicted octanol–water partition coefficient (Wildman–Crippen LogP) is 4.81. The maximum atomic E-state index is 13.9. The molecule has 1 fully saturated rings. The molecule has 1 aliphatic heterocycles. The highest BCUT2D eigenvalue weighted by Gasteiger charge is 2.51. The number of nitrogens with zero attached hydrogens (tertiary/aromatic N) is 4. The molecule has 2 aromatic carbocycles. The van der Waals surface area contributed by atoms with Crippen LogP contribution >= 0.6 is 15.9 Å². The van der Waals surface area contributed by atoms with E-state index in [0.717, 1.165) is 0 Å². The van der Waals surface area contributed by atoms with Crippen molar-refractivity contribution in [2.75, 3.05) is 0 Å². The maximum absolute atomic E-state index is 13.9. The maximum Gasteiger partial charge on any atom is 0.494 e. The molecule has 2 aromatic heterocycles. The van der Waals surface area contributed by atoms with Gasteiger partial charge in [-0.2, -0.15) is 0 Å². The minimum absolute atomic E-state index is 0.257. The molecular formula is C22H20BBrF2N4O4. The van der Waals surface area contributed by atoms with Gasteiger partial charge in [0.05, 0.1) is 11.2 Å². The van der Waals surface area contributed by atoms with Gasteiger partial charge in [0.25, 0.3) is 0 Å². The highest BCUT2D eigenvalue weighted by Crippen LogP contribution is 2.36. The van der Waals surface area contributed by atoms with Gasteiger partial charge in [0, 0.05) is 15.6 Å². The number of aromatic nitrogens is 4. The summed E-state index contributed by atoms with van der Waals surface area (Å²) in [5, 5.41) is 14.6. The fourth-order valence-electron chi connectivity index (χ4n) is 3.13. The summed E-state index contributed by atoms with van der Waals surface area (Å²) in [6, 6.07) is 8.86. The van der Waals surface area contributed by atoms with Crippen LogP contribution in [0, 0.1) is 11.6 Å². The van der Waals surface area contributed by atoms with Crippen molar-refractivity contribution in [3.63, 3.8) is 0 Å². The Labute approximate surface area is 203 Å². The number of rotatable bonds is 3. The van der Waals surface area contributed by atoms with E-state index in [4.69, 9.17) is 18.1 Å².